The van der Waals surface area contributed by atoms with Crippen molar-refractivity contribution in [2.75, 3.05) is 13.1 Å². The second-order valence-electron chi connectivity index (χ2n) is 7.45. The molecule has 1 aliphatic rings. The van der Waals surface area contributed by atoms with E-state index in [0.717, 1.165) is 23.5 Å². The van der Waals surface area contributed by atoms with E-state index in [9.17, 15) is 14.0 Å². The monoisotopic (exact) mass is 426 g/mol. The van der Waals surface area contributed by atoms with Crippen LogP contribution < -0.4 is 0 Å². The molecule has 2 amide bonds. The van der Waals surface area contributed by atoms with E-state index in [2.05, 4.69) is 0 Å². The second-order valence-corrected chi connectivity index (χ2v) is 8.48. The van der Waals surface area contributed by atoms with E-state index in [1.54, 1.807) is 27.4 Å². The molecule has 4 rings (SSSR count). The zero-order valence-corrected chi connectivity index (χ0v) is 17.3. The molecule has 1 fully saturated rings. The quantitative estimate of drug-likeness (QED) is 0.581. The molecule has 1 saturated heterocycles. The van der Waals surface area contributed by atoms with Crippen molar-refractivity contribution in [3.8, 4) is 0 Å². The first-order valence-electron chi connectivity index (χ1n) is 9.98. The molecule has 0 spiro atoms. The van der Waals surface area contributed by atoms with Crippen molar-refractivity contribution in [2.24, 2.45) is 5.92 Å². The maximum atomic E-state index is 13.4. The van der Waals surface area contributed by atoms with Gasteiger partial charge >= 0.3 is 0 Å². The minimum atomic E-state index is -0.375. The fourth-order valence-corrected chi connectivity index (χ4v) is 4.51. The van der Waals surface area contributed by atoms with E-state index in [1.165, 1.54) is 24.3 Å². The van der Waals surface area contributed by atoms with Crippen LogP contribution in [-0.4, -0.2) is 34.7 Å². The number of furan rings is 1. The SMILES string of the molecule is O=C(c1ccc(F)cc1)N1CCCC(C(=O)N(Cc2ccco2)Cc2cccs2)C1. The van der Waals surface area contributed by atoms with E-state index < -0.39 is 0 Å². The van der Waals surface area contributed by atoms with E-state index in [1.807, 2.05) is 29.6 Å². The van der Waals surface area contributed by atoms with Gasteiger partial charge < -0.3 is 14.2 Å². The van der Waals surface area contributed by atoms with Crippen LogP contribution in [0.15, 0.2) is 64.6 Å². The number of halogens is 1. The predicted molar refractivity (Wildman–Crippen MR) is 112 cm³/mol. The number of likely N-dealkylation sites (tertiary alicyclic amines) is 1. The van der Waals surface area contributed by atoms with Crippen molar-refractivity contribution in [3.63, 3.8) is 0 Å². The Morgan fingerprint density at radius 2 is 1.97 bits per heavy atom. The van der Waals surface area contributed by atoms with Crippen molar-refractivity contribution in [2.45, 2.75) is 25.9 Å². The normalized spacial score (nSPS) is 16.4. The van der Waals surface area contributed by atoms with Crippen molar-refractivity contribution in [1.82, 2.24) is 9.80 Å². The summed E-state index contributed by atoms with van der Waals surface area (Å²) in [5, 5.41) is 1.99. The summed E-state index contributed by atoms with van der Waals surface area (Å²) in [4.78, 5) is 30.8. The van der Waals surface area contributed by atoms with Gasteiger partial charge in [-0.1, -0.05) is 6.07 Å². The van der Waals surface area contributed by atoms with Crippen LogP contribution in [0.4, 0.5) is 4.39 Å². The molecule has 1 aromatic carbocycles. The van der Waals surface area contributed by atoms with Crippen molar-refractivity contribution < 1.29 is 18.4 Å². The van der Waals surface area contributed by atoms with E-state index in [0.29, 0.717) is 31.7 Å². The van der Waals surface area contributed by atoms with Crippen LogP contribution in [0.5, 0.6) is 0 Å². The highest BCUT2D eigenvalue weighted by molar-refractivity contribution is 7.09. The highest BCUT2D eigenvalue weighted by Crippen LogP contribution is 2.24. The van der Waals surface area contributed by atoms with Gasteiger partial charge in [-0.05, 0) is 60.7 Å². The molecular weight excluding hydrogens is 403 g/mol. The van der Waals surface area contributed by atoms with Crippen molar-refractivity contribution >= 4 is 23.2 Å². The Hall–Kier alpha value is -2.93. The second kappa shape index (κ2) is 9.26. The zero-order valence-electron chi connectivity index (χ0n) is 16.5. The number of carbonyl (C=O) groups excluding carboxylic acids is 2. The summed E-state index contributed by atoms with van der Waals surface area (Å²) in [7, 11) is 0. The summed E-state index contributed by atoms with van der Waals surface area (Å²) in [5.74, 6) is -0.0480. The highest BCUT2D eigenvalue weighted by atomic mass is 32.1. The molecule has 5 nitrogen and oxygen atoms in total. The number of piperidine rings is 1. The maximum absolute atomic E-state index is 13.4. The summed E-state index contributed by atoms with van der Waals surface area (Å²) >= 11 is 1.61. The Kier molecular flexibility index (Phi) is 6.28. The molecule has 3 aromatic rings. The van der Waals surface area contributed by atoms with E-state index in [4.69, 9.17) is 4.42 Å². The lowest BCUT2D eigenvalue weighted by Crippen LogP contribution is -2.46. The molecule has 1 unspecified atom stereocenters. The Morgan fingerprint density at radius 3 is 2.67 bits per heavy atom. The van der Waals surface area contributed by atoms with E-state index >= 15 is 0 Å². The average molecular weight is 427 g/mol. The number of benzene rings is 1. The predicted octanol–water partition coefficient (Wildman–Crippen LogP) is 4.56. The fraction of sp³-hybridized carbons (Fsp3) is 0.304. The van der Waals surface area contributed by atoms with Crippen LogP contribution in [0.2, 0.25) is 0 Å². The smallest absolute Gasteiger partial charge is 0.253 e. The zero-order chi connectivity index (χ0) is 20.9. The van der Waals surface area contributed by atoms with Gasteiger partial charge in [0.25, 0.3) is 5.91 Å². The Morgan fingerprint density at radius 1 is 1.13 bits per heavy atom. The van der Waals surface area contributed by atoms with Crippen LogP contribution in [0.25, 0.3) is 0 Å². The van der Waals surface area contributed by atoms with E-state index in [-0.39, 0.29) is 23.5 Å². The third kappa shape index (κ3) is 4.79. The summed E-state index contributed by atoms with van der Waals surface area (Å²) in [6, 6.07) is 13.2. The van der Waals surface area contributed by atoms with Gasteiger partial charge in [-0.2, -0.15) is 0 Å². The van der Waals surface area contributed by atoms with Gasteiger partial charge in [0, 0.05) is 23.5 Å². The summed E-state index contributed by atoms with van der Waals surface area (Å²) in [6.07, 6.45) is 3.11. The van der Waals surface area contributed by atoms with Crippen LogP contribution >= 0.6 is 11.3 Å². The van der Waals surface area contributed by atoms with Gasteiger partial charge in [-0.15, -0.1) is 11.3 Å². The lowest BCUT2D eigenvalue weighted by molar-refractivity contribution is -0.138. The van der Waals surface area contributed by atoms with Gasteiger partial charge in [-0.25, -0.2) is 4.39 Å². The van der Waals surface area contributed by atoms with Crippen LogP contribution in [0, 0.1) is 11.7 Å². The lowest BCUT2D eigenvalue weighted by atomic mass is 9.95. The molecule has 156 valence electrons. The van der Waals surface area contributed by atoms with Crippen LogP contribution in [0.1, 0.15) is 33.8 Å². The minimum absolute atomic E-state index is 0.0245. The Labute approximate surface area is 178 Å². The minimum Gasteiger partial charge on any atom is -0.467 e. The molecule has 2 aromatic heterocycles. The molecule has 1 aliphatic heterocycles. The number of rotatable bonds is 6. The van der Waals surface area contributed by atoms with Crippen molar-refractivity contribution in [3.05, 3.63) is 82.2 Å². The molecule has 0 aliphatic carbocycles. The molecule has 30 heavy (non-hydrogen) atoms. The first-order valence-corrected chi connectivity index (χ1v) is 10.9. The molecule has 7 heteroatoms. The summed E-state index contributed by atoms with van der Waals surface area (Å²) in [6.45, 7) is 1.88. The Bertz CT molecular complexity index is 934. The Balaban J connectivity index is 1.47. The topological polar surface area (TPSA) is 53.8 Å². The molecule has 0 radical (unpaired) electrons. The number of nitrogens with zero attached hydrogens (tertiary/aromatic N) is 2. The molecular formula is C23H23FN2O3S. The molecule has 0 bridgehead atoms. The average Bonchev–Trinajstić information content (AvgIpc) is 3.47. The summed E-state index contributed by atoms with van der Waals surface area (Å²) in [5.41, 5.74) is 0.440. The molecule has 0 saturated carbocycles. The first kappa shape index (κ1) is 20.3. The third-order valence-electron chi connectivity index (χ3n) is 5.31. The van der Waals surface area contributed by atoms with Crippen LogP contribution in [0.3, 0.4) is 0 Å². The summed E-state index contributed by atoms with van der Waals surface area (Å²) < 4.78 is 18.6. The van der Waals surface area contributed by atoms with Gasteiger partial charge in [-0.3, -0.25) is 9.59 Å². The number of amides is 2. The first-order chi connectivity index (χ1) is 14.6. The number of carbonyl (C=O) groups is 2. The van der Waals surface area contributed by atoms with Crippen molar-refractivity contribution in [1.29, 1.82) is 0 Å². The fourth-order valence-electron chi connectivity index (χ4n) is 3.79. The van der Waals surface area contributed by atoms with Gasteiger partial charge in [0.2, 0.25) is 5.91 Å². The third-order valence-corrected chi connectivity index (χ3v) is 6.18. The van der Waals surface area contributed by atoms with Gasteiger partial charge in [0.15, 0.2) is 0 Å². The maximum Gasteiger partial charge on any atom is 0.253 e. The van der Waals surface area contributed by atoms with Crippen LogP contribution in [-0.2, 0) is 17.9 Å². The largest absolute Gasteiger partial charge is 0.467 e. The number of hydrogen-bond donors (Lipinski definition) is 0. The van der Waals surface area contributed by atoms with Gasteiger partial charge in [0.05, 0.1) is 25.3 Å². The molecule has 1 atom stereocenters. The standard InChI is InChI=1S/C23H23FN2O3S/c24-19-9-7-17(8-10-19)22(27)25-11-1-4-18(14-25)23(28)26(15-20-5-2-12-29-20)16-21-6-3-13-30-21/h2-3,5-10,12-13,18H,1,4,11,14-16H2. The molecule has 3 heterocycles. The number of hydrogen-bond acceptors (Lipinski definition) is 4. The highest BCUT2D eigenvalue weighted by Gasteiger charge is 2.32. The van der Waals surface area contributed by atoms with Gasteiger partial charge in [0.1, 0.15) is 11.6 Å². The molecule has 0 N–H and O–H groups in total. The number of thiophene rings is 1. The lowest BCUT2D eigenvalue weighted by Gasteiger charge is -2.35.